The van der Waals surface area contributed by atoms with E-state index in [1.165, 1.54) is 50.6 Å². The van der Waals surface area contributed by atoms with Gasteiger partial charge in [-0.1, -0.05) is 62.4 Å². The number of nitrogens with zero attached hydrogens (tertiary/aromatic N) is 3. The van der Waals surface area contributed by atoms with E-state index in [2.05, 4.69) is 125 Å². The van der Waals surface area contributed by atoms with Crippen LogP contribution in [0.4, 0.5) is 17.2 Å². The molecule has 11 rings (SSSR count). The molecule has 1 spiro atoms. The van der Waals surface area contributed by atoms with Crippen LogP contribution in [-0.2, 0) is 11.1 Å². The minimum atomic E-state index is -0.698. The van der Waals surface area contributed by atoms with Gasteiger partial charge in [0.25, 0.3) is 5.82 Å². The van der Waals surface area contributed by atoms with E-state index in [-0.39, 0.29) is 5.41 Å². The maximum Gasteiger partial charge on any atom is 0.385 e. The molecule has 1 unspecified atom stereocenters. The smallest absolute Gasteiger partial charge is 0.385 e. The number of anilines is 3. The van der Waals surface area contributed by atoms with E-state index in [4.69, 9.17) is 9.15 Å². The third kappa shape index (κ3) is 1.95. The van der Waals surface area contributed by atoms with E-state index in [1.54, 1.807) is 0 Å². The summed E-state index contributed by atoms with van der Waals surface area (Å²) in [7, 11) is 0. The maximum absolute atomic E-state index is 6.81. The highest BCUT2D eigenvalue weighted by molar-refractivity contribution is 6.06. The molecule has 0 saturated heterocycles. The number of hydrogen-bond acceptors (Lipinski definition) is 3. The molecule has 1 atom stereocenters. The van der Waals surface area contributed by atoms with Crippen molar-refractivity contribution in [2.45, 2.75) is 24.9 Å². The van der Waals surface area contributed by atoms with E-state index >= 15 is 0 Å². The molecule has 0 amide bonds. The molecule has 5 aliphatic rings. The quantitative estimate of drug-likeness (QED) is 0.193. The third-order valence-electron chi connectivity index (χ3n) is 10.1. The number of ether oxygens (including phenoxy) is 1. The van der Waals surface area contributed by atoms with Gasteiger partial charge in [0.05, 0.1) is 11.8 Å². The van der Waals surface area contributed by atoms with Crippen LogP contribution in [-0.4, -0.2) is 0 Å². The molecule has 0 saturated carbocycles. The van der Waals surface area contributed by atoms with Crippen LogP contribution in [0.5, 0.6) is 11.5 Å². The summed E-state index contributed by atoms with van der Waals surface area (Å²) in [6.45, 7) is 4.73. The minimum absolute atomic E-state index is 0.221. The summed E-state index contributed by atoms with van der Waals surface area (Å²) in [5, 5.41) is 0. The lowest BCUT2D eigenvalue weighted by molar-refractivity contribution is -0.959. The van der Waals surface area contributed by atoms with Gasteiger partial charge in [0, 0.05) is 22.1 Å². The van der Waals surface area contributed by atoms with E-state index < -0.39 is 5.66 Å². The fourth-order valence-electron chi connectivity index (χ4n) is 8.57. The van der Waals surface area contributed by atoms with Crippen molar-refractivity contribution in [3.63, 3.8) is 0 Å². The van der Waals surface area contributed by atoms with Crippen molar-refractivity contribution in [2.75, 3.05) is 4.90 Å². The van der Waals surface area contributed by atoms with Gasteiger partial charge in [-0.05, 0) is 47.5 Å². The first-order chi connectivity index (χ1) is 20.1. The van der Waals surface area contributed by atoms with Crippen LogP contribution >= 0.6 is 0 Å². The van der Waals surface area contributed by atoms with E-state index in [0.29, 0.717) is 0 Å². The first-order valence-corrected chi connectivity index (χ1v) is 14.2. The Morgan fingerprint density at radius 3 is 2.22 bits per heavy atom. The molecule has 4 aromatic carbocycles. The fourth-order valence-corrected chi connectivity index (χ4v) is 8.57. The van der Waals surface area contributed by atoms with Crippen LogP contribution in [0, 0.1) is 0 Å². The predicted octanol–water partition coefficient (Wildman–Crippen LogP) is 7.31. The van der Waals surface area contributed by atoms with Crippen LogP contribution in [0.25, 0.3) is 33.7 Å². The number of rotatable bonds is 0. The van der Waals surface area contributed by atoms with Gasteiger partial charge in [-0.25, -0.2) is 0 Å². The van der Waals surface area contributed by atoms with Gasteiger partial charge in [-0.2, -0.15) is 9.47 Å². The van der Waals surface area contributed by atoms with Gasteiger partial charge in [0.2, 0.25) is 6.20 Å². The van der Waals surface area contributed by atoms with Crippen molar-refractivity contribution < 1.29 is 18.3 Å². The van der Waals surface area contributed by atoms with Gasteiger partial charge in [-0.3, -0.25) is 0 Å². The molecular formula is C36H23N3O2+2. The summed E-state index contributed by atoms with van der Waals surface area (Å²) in [5.41, 5.74) is 12.5. The zero-order valence-corrected chi connectivity index (χ0v) is 22.5. The number of para-hydroxylation sites is 1. The fraction of sp³-hybridized carbons (Fsp3) is 0.111. The Bertz CT molecular complexity index is 2240. The lowest BCUT2D eigenvalue weighted by Crippen LogP contribution is -2.76. The zero-order valence-electron chi connectivity index (χ0n) is 22.5. The Balaban J connectivity index is 1.46. The molecule has 192 valence electrons. The standard InChI is InChI=1S/C36H23N3O2/c1-35(2)25-12-5-10-22-20-8-3-4-9-21(20)23-15-16-28-30-32(23)39(31(22)25)33-26(35)13-7-17-37(33)36(30)29-24(11-6-14-27(29)41-28)34-38(36)18-19-40-34/h3-19H,1-2H3/q+2. The number of fused-ring (bicyclic) bond motifs is 5. The first-order valence-electron chi connectivity index (χ1n) is 14.2. The van der Waals surface area contributed by atoms with Crippen LogP contribution in [0.3, 0.4) is 0 Å². The van der Waals surface area contributed by atoms with Gasteiger partial charge in [0.1, 0.15) is 28.3 Å². The Morgan fingerprint density at radius 1 is 0.610 bits per heavy atom. The predicted molar refractivity (Wildman–Crippen MR) is 154 cm³/mol. The van der Waals surface area contributed by atoms with E-state index in [0.717, 1.165) is 34.1 Å². The summed E-state index contributed by atoms with van der Waals surface area (Å²) < 4.78 is 17.9. The molecule has 0 N–H and O–H groups in total. The van der Waals surface area contributed by atoms with E-state index in [9.17, 15) is 0 Å². The Hall–Kier alpha value is -5.16. The lowest BCUT2D eigenvalue weighted by atomic mass is 9.72. The molecule has 5 heteroatoms. The first kappa shape index (κ1) is 20.7. The van der Waals surface area contributed by atoms with E-state index in [1.807, 2.05) is 6.26 Å². The molecule has 0 bridgehead atoms. The van der Waals surface area contributed by atoms with Crippen molar-refractivity contribution in [1.29, 1.82) is 0 Å². The average molecular weight is 530 g/mol. The molecule has 6 aromatic rings. The molecule has 0 fully saturated rings. The largest absolute Gasteiger partial charge is 0.456 e. The van der Waals surface area contributed by atoms with Gasteiger partial charge in [-0.15, -0.1) is 4.57 Å². The molecule has 7 heterocycles. The Morgan fingerprint density at radius 2 is 1.34 bits per heavy atom. The molecule has 2 aromatic heterocycles. The molecule has 0 aliphatic carbocycles. The summed E-state index contributed by atoms with van der Waals surface area (Å²) in [6, 6.07) is 31.0. The highest BCUT2D eigenvalue weighted by Gasteiger charge is 2.71. The minimum Gasteiger partial charge on any atom is -0.456 e. The summed E-state index contributed by atoms with van der Waals surface area (Å²) in [6.07, 6.45) is 6.15. The molecular weight excluding hydrogens is 506 g/mol. The zero-order chi connectivity index (χ0) is 26.8. The number of oxazole rings is 1. The SMILES string of the molecule is CC1(C)c2cccc3c2N2c4c(ccc5c4C4(c6c(cccc6-c6occ[n+]64)O5)[n+]4cccc1c42)-c1ccccc1-3. The van der Waals surface area contributed by atoms with Crippen LogP contribution in [0.15, 0.2) is 108 Å². The van der Waals surface area contributed by atoms with Crippen molar-refractivity contribution in [3.05, 3.63) is 126 Å². The van der Waals surface area contributed by atoms with Crippen molar-refractivity contribution >= 4 is 17.2 Å². The number of benzene rings is 4. The highest BCUT2D eigenvalue weighted by Crippen LogP contribution is 2.65. The van der Waals surface area contributed by atoms with Crippen molar-refractivity contribution in [1.82, 2.24) is 0 Å². The van der Waals surface area contributed by atoms with Crippen LogP contribution < -0.4 is 18.8 Å². The number of aromatic nitrogens is 2. The Kier molecular flexibility index (Phi) is 3.16. The second-order valence-electron chi connectivity index (χ2n) is 12.2. The maximum atomic E-state index is 6.81. The normalized spacial score (nSPS) is 19.4. The lowest BCUT2D eigenvalue weighted by Gasteiger charge is -2.44. The monoisotopic (exact) mass is 529 g/mol. The average Bonchev–Trinajstić information content (AvgIpc) is 3.56. The number of pyridine rings is 1. The topological polar surface area (TPSA) is 33.4 Å². The summed E-state index contributed by atoms with van der Waals surface area (Å²) in [5.74, 6) is 3.79. The van der Waals surface area contributed by atoms with Gasteiger partial charge < -0.3 is 9.15 Å². The van der Waals surface area contributed by atoms with Gasteiger partial charge in [0.15, 0.2) is 17.5 Å². The summed E-state index contributed by atoms with van der Waals surface area (Å²) in [4.78, 5) is 2.54. The molecule has 5 nitrogen and oxygen atoms in total. The second kappa shape index (κ2) is 6.26. The molecule has 5 aliphatic heterocycles. The summed E-state index contributed by atoms with van der Waals surface area (Å²) >= 11 is 0. The Labute approximate surface area is 236 Å². The molecule has 41 heavy (non-hydrogen) atoms. The van der Waals surface area contributed by atoms with Crippen molar-refractivity contribution in [2.24, 2.45) is 0 Å². The van der Waals surface area contributed by atoms with Gasteiger partial charge >= 0.3 is 11.6 Å². The second-order valence-corrected chi connectivity index (χ2v) is 12.2. The van der Waals surface area contributed by atoms with Crippen LogP contribution in [0.2, 0.25) is 0 Å². The number of hydrogen-bond donors (Lipinski definition) is 0. The van der Waals surface area contributed by atoms with Crippen molar-refractivity contribution in [3.8, 4) is 45.2 Å². The van der Waals surface area contributed by atoms with Crippen LogP contribution in [0.1, 0.15) is 36.1 Å². The highest BCUT2D eigenvalue weighted by atomic mass is 16.5. The molecule has 0 radical (unpaired) electrons. The third-order valence-corrected chi connectivity index (χ3v) is 10.1.